The van der Waals surface area contributed by atoms with Crippen LogP contribution in [0.2, 0.25) is 0 Å². The minimum absolute atomic E-state index is 0.0360. The number of aromatic hydroxyl groups is 2. The molecular weight excluding hydrogens is 304 g/mol. The number of fused-ring (bicyclic) bond motifs is 1. The summed E-state index contributed by atoms with van der Waals surface area (Å²) < 4.78 is 5.85. The largest absolute Gasteiger partial charge is 0.508 e. The first-order valence-electron chi connectivity index (χ1n) is 7.39. The Kier molecular flexibility index (Phi) is 3.96. The highest BCUT2D eigenvalue weighted by molar-refractivity contribution is 5.89. The Balaban J connectivity index is 2.42. The lowest BCUT2D eigenvalue weighted by molar-refractivity contribution is 0.452. The van der Waals surface area contributed by atoms with Crippen molar-refractivity contribution in [2.45, 2.75) is 6.92 Å². The summed E-state index contributed by atoms with van der Waals surface area (Å²) >= 11 is 0. The molecule has 0 aliphatic heterocycles. The van der Waals surface area contributed by atoms with Crippen LogP contribution in [0.25, 0.3) is 28.4 Å². The van der Waals surface area contributed by atoms with Crippen molar-refractivity contribution >= 4 is 17.0 Å². The normalized spacial score (nSPS) is 11.2. The molecule has 3 rings (SSSR count). The summed E-state index contributed by atoms with van der Waals surface area (Å²) in [6.45, 7) is 5.61. The number of phenols is 2. The molecule has 0 radical (unpaired) electrons. The van der Waals surface area contributed by atoms with Crippen LogP contribution < -0.4 is 5.43 Å². The third kappa shape index (κ3) is 2.82. The maximum Gasteiger partial charge on any atom is 0.204 e. The van der Waals surface area contributed by atoms with Crippen molar-refractivity contribution in [3.8, 4) is 22.8 Å². The Labute approximate surface area is 138 Å². The summed E-state index contributed by atoms with van der Waals surface area (Å²) in [7, 11) is 0. The third-order valence-electron chi connectivity index (χ3n) is 3.56. The Morgan fingerprint density at radius 3 is 2.54 bits per heavy atom. The van der Waals surface area contributed by atoms with Crippen LogP contribution in [0.1, 0.15) is 12.5 Å². The zero-order valence-corrected chi connectivity index (χ0v) is 13.1. The zero-order chi connectivity index (χ0) is 17.3. The number of hydrogen-bond donors (Lipinski definition) is 2. The van der Waals surface area contributed by atoms with Gasteiger partial charge in [0.2, 0.25) is 5.43 Å². The summed E-state index contributed by atoms with van der Waals surface area (Å²) in [6, 6.07) is 11.6. The van der Waals surface area contributed by atoms with Gasteiger partial charge in [0.1, 0.15) is 28.2 Å². The molecule has 24 heavy (non-hydrogen) atoms. The van der Waals surface area contributed by atoms with E-state index in [4.69, 9.17) is 4.42 Å². The van der Waals surface area contributed by atoms with Gasteiger partial charge < -0.3 is 14.6 Å². The van der Waals surface area contributed by atoms with Crippen molar-refractivity contribution in [3.63, 3.8) is 0 Å². The molecular formula is C20H16O4. The Morgan fingerprint density at radius 2 is 1.88 bits per heavy atom. The van der Waals surface area contributed by atoms with Gasteiger partial charge in [-0.1, -0.05) is 48.6 Å². The third-order valence-corrected chi connectivity index (χ3v) is 3.56. The van der Waals surface area contributed by atoms with Gasteiger partial charge in [0.25, 0.3) is 0 Å². The van der Waals surface area contributed by atoms with E-state index in [0.29, 0.717) is 11.3 Å². The molecule has 0 unspecified atom stereocenters. The van der Waals surface area contributed by atoms with Gasteiger partial charge in [-0.05, 0) is 13.0 Å². The van der Waals surface area contributed by atoms with Gasteiger partial charge in [-0.2, -0.15) is 0 Å². The number of allylic oxidation sites excluding steroid dienone is 2. The average Bonchev–Trinajstić information content (AvgIpc) is 2.53. The summed E-state index contributed by atoms with van der Waals surface area (Å²) in [5.41, 5.74) is 1.58. The first kappa shape index (κ1) is 15.6. The second-order valence-corrected chi connectivity index (χ2v) is 5.56. The fourth-order valence-corrected chi connectivity index (χ4v) is 2.48. The molecule has 2 N–H and O–H groups in total. The highest BCUT2D eigenvalue weighted by Crippen LogP contribution is 2.32. The lowest BCUT2D eigenvalue weighted by Gasteiger charge is -2.09. The van der Waals surface area contributed by atoms with E-state index >= 15 is 0 Å². The monoisotopic (exact) mass is 320 g/mol. The Morgan fingerprint density at radius 1 is 1.17 bits per heavy atom. The van der Waals surface area contributed by atoms with Gasteiger partial charge in [-0.3, -0.25) is 4.79 Å². The lowest BCUT2D eigenvalue weighted by atomic mass is 10.0. The van der Waals surface area contributed by atoms with Crippen molar-refractivity contribution in [1.29, 1.82) is 0 Å². The molecule has 0 saturated carbocycles. The molecule has 1 aromatic heterocycles. The van der Waals surface area contributed by atoms with E-state index in [1.807, 2.05) is 37.3 Å². The maximum atomic E-state index is 12.9. The lowest BCUT2D eigenvalue weighted by Crippen LogP contribution is -2.08. The molecule has 0 atom stereocenters. The molecule has 0 amide bonds. The highest BCUT2D eigenvalue weighted by Gasteiger charge is 2.17. The van der Waals surface area contributed by atoms with Crippen LogP contribution in [-0.4, -0.2) is 10.2 Å². The highest BCUT2D eigenvalue weighted by atomic mass is 16.3. The predicted octanol–water partition coefficient (Wildman–Crippen LogP) is 4.46. The van der Waals surface area contributed by atoms with Gasteiger partial charge in [-0.15, -0.1) is 0 Å². The van der Waals surface area contributed by atoms with Crippen LogP contribution in [0.5, 0.6) is 11.5 Å². The quantitative estimate of drug-likeness (QED) is 0.699. The molecule has 0 spiro atoms. The van der Waals surface area contributed by atoms with Gasteiger partial charge in [0, 0.05) is 17.7 Å². The van der Waals surface area contributed by atoms with E-state index in [1.54, 1.807) is 12.2 Å². The molecule has 0 fully saturated rings. The van der Waals surface area contributed by atoms with Gasteiger partial charge in [0.15, 0.2) is 0 Å². The molecule has 0 aliphatic carbocycles. The smallest absolute Gasteiger partial charge is 0.204 e. The summed E-state index contributed by atoms with van der Waals surface area (Å²) in [5.74, 6) is -0.119. The van der Waals surface area contributed by atoms with Crippen LogP contribution in [-0.2, 0) is 0 Å². The molecule has 3 aromatic rings. The maximum absolute atomic E-state index is 12.9. The fourth-order valence-electron chi connectivity index (χ4n) is 2.48. The van der Waals surface area contributed by atoms with E-state index in [9.17, 15) is 15.0 Å². The molecule has 4 nitrogen and oxygen atoms in total. The van der Waals surface area contributed by atoms with Crippen molar-refractivity contribution < 1.29 is 14.6 Å². The first-order valence-corrected chi connectivity index (χ1v) is 7.39. The number of phenolic OH excluding ortho intramolecular Hbond substituents is 2. The second-order valence-electron chi connectivity index (χ2n) is 5.56. The first-order chi connectivity index (χ1) is 11.5. The zero-order valence-electron chi connectivity index (χ0n) is 13.1. The van der Waals surface area contributed by atoms with Gasteiger partial charge >= 0.3 is 0 Å². The van der Waals surface area contributed by atoms with Crippen LogP contribution in [0, 0.1) is 0 Å². The minimum atomic E-state index is -0.370. The summed E-state index contributed by atoms with van der Waals surface area (Å²) in [6.07, 6.45) is 3.34. The number of benzene rings is 2. The van der Waals surface area contributed by atoms with E-state index in [2.05, 4.69) is 6.58 Å². The van der Waals surface area contributed by atoms with Crippen molar-refractivity contribution in [2.24, 2.45) is 0 Å². The molecule has 0 saturated heterocycles. The average molecular weight is 320 g/mol. The van der Waals surface area contributed by atoms with Crippen molar-refractivity contribution in [1.82, 2.24) is 0 Å². The minimum Gasteiger partial charge on any atom is -0.508 e. The Bertz CT molecular complexity index is 1010. The molecule has 4 heteroatoms. The predicted molar refractivity (Wildman–Crippen MR) is 95.1 cm³/mol. The fraction of sp³-hybridized carbons (Fsp3) is 0.0500. The second kappa shape index (κ2) is 6.08. The summed E-state index contributed by atoms with van der Waals surface area (Å²) in [4.78, 5) is 12.9. The standard InChI is InChI=1S/C20H16O4/c1-12(2)8-9-15-19(23)18-16(22)10-14(21)11-17(18)24-20(15)13-6-4-3-5-7-13/h3-11,21-22H,1H2,2H3. The van der Waals surface area contributed by atoms with Crippen LogP contribution in [0.4, 0.5) is 0 Å². The number of rotatable bonds is 3. The number of hydrogen-bond acceptors (Lipinski definition) is 4. The van der Waals surface area contributed by atoms with Crippen LogP contribution in [0.3, 0.4) is 0 Å². The van der Waals surface area contributed by atoms with E-state index in [-0.39, 0.29) is 27.9 Å². The Hall–Kier alpha value is -3.27. The molecule has 1 heterocycles. The van der Waals surface area contributed by atoms with Crippen molar-refractivity contribution in [3.05, 3.63) is 76.5 Å². The topological polar surface area (TPSA) is 70.7 Å². The molecule has 0 aliphatic rings. The molecule has 120 valence electrons. The molecule has 2 aromatic carbocycles. The molecule has 0 bridgehead atoms. The van der Waals surface area contributed by atoms with Crippen LogP contribution >= 0.6 is 0 Å². The van der Waals surface area contributed by atoms with E-state index in [1.165, 1.54) is 6.07 Å². The van der Waals surface area contributed by atoms with E-state index < -0.39 is 0 Å². The van der Waals surface area contributed by atoms with E-state index in [0.717, 1.165) is 17.2 Å². The van der Waals surface area contributed by atoms with Gasteiger partial charge in [-0.25, -0.2) is 0 Å². The van der Waals surface area contributed by atoms with Crippen LogP contribution in [0.15, 0.2) is 69.9 Å². The summed E-state index contributed by atoms with van der Waals surface area (Å²) in [5, 5.41) is 19.7. The SMILES string of the molecule is C=C(C)C=Cc1c(-c2ccccc2)oc2cc(O)cc(O)c2c1=O. The van der Waals surface area contributed by atoms with Crippen molar-refractivity contribution in [2.75, 3.05) is 0 Å². The van der Waals surface area contributed by atoms with Gasteiger partial charge in [0.05, 0.1) is 5.56 Å².